The van der Waals surface area contributed by atoms with Crippen LogP contribution in [-0.4, -0.2) is 49.4 Å². The molecule has 5 rings (SSSR count). The summed E-state index contributed by atoms with van der Waals surface area (Å²) in [5.41, 5.74) is 1.03. The number of carbonyl (C=O) groups excluding carboxylic acids is 2. The van der Waals surface area contributed by atoms with Crippen molar-refractivity contribution in [3.05, 3.63) is 52.2 Å². The number of aromatic nitrogens is 4. The van der Waals surface area contributed by atoms with E-state index in [2.05, 4.69) is 20.4 Å². The Morgan fingerprint density at radius 2 is 1.97 bits per heavy atom. The van der Waals surface area contributed by atoms with Crippen LogP contribution in [0.5, 0.6) is 0 Å². The first-order valence-corrected chi connectivity index (χ1v) is 11.4. The van der Waals surface area contributed by atoms with Gasteiger partial charge in [0, 0.05) is 36.3 Å². The van der Waals surface area contributed by atoms with Crippen molar-refractivity contribution in [2.24, 2.45) is 0 Å². The van der Waals surface area contributed by atoms with Gasteiger partial charge >= 0.3 is 0 Å². The smallest absolute Gasteiger partial charge is 0.272 e. The molecule has 0 saturated heterocycles. The van der Waals surface area contributed by atoms with E-state index in [1.807, 2.05) is 13.8 Å². The molecule has 178 valence electrons. The molecule has 1 saturated carbocycles. The van der Waals surface area contributed by atoms with Crippen molar-refractivity contribution in [2.75, 3.05) is 12.4 Å². The second-order valence-electron chi connectivity index (χ2n) is 9.54. The zero-order valence-corrected chi connectivity index (χ0v) is 19.6. The molecular formula is C23H23ClF2N6O2. The standard InChI is InChI=1S/C23H23ClF2N6O2/c1-23(2)8-14(15-10-27-17-7-16(24)30-32(17)19(15)23)21(33)29-11-6-13(20(25)26)18(28-9-11)22(34)31(3)12-4-5-12/h6-7,9-10,12,14,20H,4-5,8H2,1-3H3,(H,29,33)/t14-/m0/s1. The van der Waals surface area contributed by atoms with Gasteiger partial charge in [0.15, 0.2) is 10.8 Å². The highest BCUT2D eigenvalue weighted by Gasteiger charge is 2.43. The first kappa shape index (κ1) is 22.6. The lowest BCUT2D eigenvalue weighted by Gasteiger charge is -2.20. The summed E-state index contributed by atoms with van der Waals surface area (Å²) in [5.74, 6) is -1.49. The quantitative estimate of drug-likeness (QED) is 0.576. The summed E-state index contributed by atoms with van der Waals surface area (Å²) in [7, 11) is 1.59. The van der Waals surface area contributed by atoms with E-state index < -0.39 is 29.2 Å². The minimum Gasteiger partial charge on any atom is -0.337 e. The topological polar surface area (TPSA) is 92.5 Å². The van der Waals surface area contributed by atoms with Gasteiger partial charge in [-0.15, -0.1) is 0 Å². The zero-order valence-electron chi connectivity index (χ0n) is 18.8. The molecule has 0 unspecified atom stereocenters. The fourth-order valence-electron chi connectivity index (χ4n) is 4.72. The van der Waals surface area contributed by atoms with Crippen LogP contribution in [0.1, 0.15) is 72.8 Å². The first-order valence-electron chi connectivity index (χ1n) is 11.0. The van der Waals surface area contributed by atoms with Crippen molar-refractivity contribution < 1.29 is 18.4 Å². The number of carbonyl (C=O) groups is 2. The van der Waals surface area contributed by atoms with Crippen LogP contribution in [0.3, 0.4) is 0 Å². The maximum atomic E-state index is 13.8. The minimum atomic E-state index is -2.91. The molecule has 1 fully saturated rings. The van der Waals surface area contributed by atoms with Gasteiger partial charge in [0.25, 0.3) is 12.3 Å². The van der Waals surface area contributed by atoms with Gasteiger partial charge < -0.3 is 10.2 Å². The van der Waals surface area contributed by atoms with Crippen molar-refractivity contribution in [3.63, 3.8) is 0 Å². The van der Waals surface area contributed by atoms with Crippen molar-refractivity contribution in [2.45, 2.75) is 56.9 Å². The maximum absolute atomic E-state index is 13.8. The second-order valence-corrected chi connectivity index (χ2v) is 9.93. The average molecular weight is 489 g/mol. The van der Waals surface area contributed by atoms with Crippen molar-refractivity contribution >= 4 is 34.7 Å². The molecule has 3 aromatic rings. The summed E-state index contributed by atoms with van der Waals surface area (Å²) in [6, 6.07) is 2.83. The lowest BCUT2D eigenvalue weighted by molar-refractivity contribution is -0.117. The predicted octanol–water partition coefficient (Wildman–Crippen LogP) is 4.35. The highest BCUT2D eigenvalue weighted by atomic mass is 35.5. The third kappa shape index (κ3) is 3.79. The molecule has 1 atom stereocenters. The van der Waals surface area contributed by atoms with E-state index in [9.17, 15) is 18.4 Å². The Hall–Kier alpha value is -3.14. The van der Waals surface area contributed by atoms with E-state index in [1.54, 1.807) is 23.8 Å². The molecule has 0 aliphatic heterocycles. The van der Waals surface area contributed by atoms with E-state index in [-0.39, 0.29) is 23.3 Å². The Balaban J connectivity index is 1.43. The van der Waals surface area contributed by atoms with Crippen LogP contribution < -0.4 is 5.32 Å². The van der Waals surface area contributed by atoms with Gasteiger partial charge in [0.1, 0.15) is 5.69 Å². The highest BCUT2D eigenvalue weighted by molar-refractivity contribution is 6.29. The van der Waals surface area contributed by atoms with Gasteiger partial charge in [-0.2, -0.15) is 5.10 Å². The third-order valence-corrected chi connectivity index (χ3v) is 6.75. The molecule has 0 bridgehead atoms. The number of hydrogen-bond acceptors (Lipinski definition) is 5. The van der Waals surface area contributed by atoms with E-state index in [4.69, 9.17) is 11.6 Å². The molecule has 1 N–H and O–H groups in total. The van der Waals surface area contributed by atoms with Crippen LogP contribution in [0.25, 0.3) is 5.65 Å². The number of halogens is 3. The van der Waals surface area contributed by atoms with Crippen LogP contribution in [0.2, 0.25) is 5.15 Å². The van der Waals surface area contributed by atoms with Gasteiger partial charge in [0.2, 0.25) is 5.91 Å². The number of nitrogens with one attached hydrogen (secondary N) is 1. The summed E-state index contributed by atoms with van der Waals surface area (Å²) in [4.78, 5) is 35.7. The van der Waals surface area contributed by atoms with Gasteiger partial charge in [-0.1, -0.05) is 25.4 Å². The summed E-state index contributed by atoms with van der Waals surface area (Å²) in [6.07, 6.45) is 2.15. The van der Waals surface area contributed by atoms with E-state index in [1.165, 1.54) is 11.1 Å². The van der Waals surface area contributed by atoms with Gasteiger partial charge in [-0.25, -0.2) is 23.3 Å². The van der Waals surface area contributed by atoms with Crippen LogP contribution in [0, 0.1) is 0 Å². The summed E-state index contributed by atoms with van der Waals surface area (Å²) in [6.45, 7) is 4.00. The average Bonchev–Trinajstić information content (AvgIpc) is 3.50. The fourth-order valence-corrected chi connectivity index (χ4v) is 4.89. The monoisotopic (exact) mass is 488 g/mol. The summed E-state index contributed by atoms with van der Waals surface area (Å²) >= 11 is 6.05. The normalized spacial score (nSPS) is 18.9. The summed E-state index contributed by atoms with van der Waals surface area (Å²) in [5, 5.41) is 7.31. The molecule has 2 amide bonds. The summed E-state index contributed by atoms with van der Waals surface area (Å²) < 4.78 is 29.2. The Bertz CT molecular complexity index is 1320. The molecule has 2 aliphatic carbocycles. The minimum absolute atomic E-state index is 0.0646. The molecule has 8 nitrogen and oxygen atoms in total. The number of nitrogens with zero attached hydrogens (tertiary/aromatic N) is 5. The molecule has 3 heterocycles. The van der Waals surface area contributed by atoms with E-state index in [0.29, 0.717) is 22.8 Å². The van der Waals surface area contributed by atoms with Crippen LogP contribution in [0.4, 0.5) is 14.5 Å². The predicted molar refractivity (Wildman–Crippen MR) is 121 cm³/mol. The van der Waals surface area contributed by atoms with Gasteiger partial charge in [-0.3, -0.25) is 9.59 Å². The Kier molecular flexibility index (Phi) is 5.31. The Labute approximate surface area is 199 Å². The van der Waals surface area contributed by atoms with Crippen molar-refractivity contribution in [1.29, 1.82) is 0 Å². The van der Waals surface area contributed by atoms with Crippen LogP contribution in [-0.2, 0) is 10.2 Å². The highest BCUT2D eigenvalue weighted by Crippen LogP contribution is 2.46. The number of amides is 2. The molecule has 0 aromatic carbocycles. The third-order valence-electron chi connectivity index (χ3n) is 6.57. The number of hydrogen-bond donors (Lipinski definition) is 1. The Morgan fingerprint density at radius 1 is 1.24 bits per heavy atom. The van der Waals surface area contributed by atoms with Crippen molar-refractivity contribution in [1.82, 2.24) is 24.5 Å². The second kappa shape index (κ2) is 7.97. The maximum Gasteiger partial charge on any atom is 0.272 e. The van der Waals surface area contributed by atoms with E-state index >= 15 is 0 Å². The number of anilines is 1. The number of rotatable bonds is 5. The molecule has 0 radical (unpaired) electrons. The van der Waals surface area contributed by atoms with E-state index in [0.717, 1.165) is 24.6 Å². The zero-order chi connectivity index (χ0) is 24.4. The molecular weight excluding hydrogens is 466 g/mol. The Morgan fingerprint density at radius 3 is 2.65 bits per heavy atom. The van der Waals surface area contributed by atoms with Gasteiger partial charge in [0.05, 0.1) is 29.1 Å². The largest absolute Gasteiger partial charge is 0.337 e. The number of alkyl halides is 2. The molecule has 0 spiro atoms. The lowest BCUT2D eigenvalue weighted by Crippen LogP contribution is -2.30. The van der Waals surface area contributed by atoms with Gasteiger partial charge in [-0.05, 0) is 25.3 Å². The number of fused-ring (bicyclic) bond motifs is 3. The lowest BCUT2D eigenvalue weighted by atomic mass is 9.88. The fraction of sp³-hybridized carbons (Fsp3) is 0.435. The van der Waals surface area contributed by atoms with Crippen LogP contribution >= 0.6 is 11.6 Å². The SMILES string of the molecule is CN(C(=O)c1ncc(NC(=O)[C@H]2CC(C)(C)c3c2cnc2cc(Cl)nn32)cc1C(F)F)C1CC1. The van der Waals surface area contributed by atoms with Crippen LogP contribution in [0.15, 0.2) is 24.5 Å². The first-order chi connectivity index (χ1) is 16.1. The number of pyridine rings is 1. The molecule has 3 aromatic heterocycles. The molecule has 2 aliphatic rings. The van der Waals surface area contributed by atoms with Crippen molar-refractivity contribution in [3.8, 4) is 0 Å². The molecule has 11 heteroatoms. The molecule has 34 heavy (non-hydrogen) atoms.